The first kappa shape index (κ1) is 14.4. The highest BCUT2D eigenvalue weighted by Gasteiger charge is 2.11. The van der Waals surface area contributed by atoms with E-state index >= 15 is 0 Å². The van der Waals surface area contributed by atoms with Gasteiger partial charge in [0.1, 0.15) is 5.76 Å². The highest BCUT2D eigenvalue weighted by atomic mass is 35.5. The van der Waals surface area contributed by atoms with Crippen molar-refractivity contribution in [1.82, 2.24) is 10.3 Å². The van der Waals surface area contributed by atoms with Gasteiger partial charge < -0.3 is 9.73 Å². The van der Waals surface area contributed by atoms with Crippen LogP contribution in [0.1, 0.15) is 37.1 Å². The Kier molecular flexibility index (Phi) is 4.86. The molecule has 1 heterocycles. The predicted molar refractivity (Wildman–Crippen MR) is 77.6 cm³/mol. The molecule has 0 radical (unpaired) electrons. The van der Waals surface area contributed by atoms with Gasteiger partial charge in [-0.1, -0.05) is 36.2 Å². The van der Waals surface area contributed by atoms with E-state index in [1.807, 2.05) is 26.0 Å². The van der Waals surface area contributed by atoms with Crippen molar-refractivity contribution in [2.45, 2.75) is 32.9 Å². The molecule has 0 amide bonds. The minimum Gasteiger partial charge on any atom is -0.444 e. The number of hydrogen-bond acceptors (Lipinski definition) is 3. The second kappa shape index (κ2) is 6.42. The van der Waals surface area contributed by atoms with Crippen LogP contribution in [0.3, 0.4) is 0 Å². The molecular weight excluding hydrogens is 283 g/mol. The number of nitrogens with zero attached hydrogens (tertiary/aromatic N) is 1. The summed E-state index contributed by atoms with van der Waals surface area (Å²) < 4.78 is 5.54. The summed E-state index contributed by atoms with van der Waals surface area (Å²) >= 11 is 12.1. The lowest BCUT2D eigenvalue weighted by Gasteiger charge is -2.14. The van der Waals surface area contributed by atoms with Crippen LogP contribution < -0.4 is 5.32 Å². The van der Waals surface area contributed by atoms with Crippen molar-refractivity contribution in [3.63, 3.8) is 0 Å². The number of benzene rings is 1. The number of oxazole rings is 1. The van der Waals surface area contributed by atoms with Crippen LogP contribution in [0.15, 0.2) is 28.8 Å². The second-order valence-corrected chi connectivity index (χ2v) is 5.19. The van der Waals surface area contributed by atoms with E-state index in [-0.39, 0.29) is 6.04 Å². The third kappa shape index (κ3) is 3.72. The van der Waals surface area contributed by atoms with E-state index in [1.165, 1.54) is 0 Å². The Labute approximate surface area is 122 Å². The first-order valence-corrected chi connectivity index (χ1v) is 6.97. The van der Waals surface area contributed by atoms with Gasteiger partial charge in [-0.3, -0.25) is 0 Å². The third-order valence-corrected chi connectivity index (χ3v) is 3.50. The maximum Gasteiger partial charge on any atom is 0.208 e. The molecule has 1 atom stereocenters. The van der Waals surface area contributed by atoms with Gasteiger partial charge in [0.25, 0.3) is 0 Å². The molecule has 5 heteroatoms. The molecule has 1 aromatic heterocycles. The Bertz CT molecular complexity index is 554. The normalized spacial score (nSPS) is 12.6. The molecule has 2 aromatic rings. The molecule has 0 bridgehead atoms. The zero-order chi connectivity index (χ0) is 13.8. The maximum absolute atomic E-state index is 6.17. The summed E-state index contributed by atoms with van der Waals surface area (Å²) in [6.45, 7) is 4.65. The molecule has 0 spiro atoms. The van der Waals surface area contributed by atoms with Crippen LogP contribution in [-0.4, -0.2) is 4.98 Å². The molecule has 1 aromatic carbocycles. The van der Waals surface area contributed by atoms with Gasteiger partial charge in [0.2, 0.25) is 5.89 Å². The standard InChI is InChI=1S/C14H16Cl2N2O/c1-3-11-7-18-14(19-11)8-17-9(2)12-5-4-10(15)6-13(12)16/h4-7,9,17H,3,8H2,1-2H3. The molecule has 0 aliphatic heterocycles. The average Bonchev–Trinajstić information content (AvgIpc) is 2.84. The van der Waals surface area contributed by atoms with E-state index in [4.69, 9.17) is 27.6 Å². The smallest absolute Gasteiger partial charge is 0.208 e. The minimum atomic E-state index is 0.0988. The number of hydrogen-bond donors (Lipinski definition) is 1. The average molecular weight is 299 g/mol. The van der Waals surface area contributed by atoms with Crippen molar-refractivity contribution in [1.29, 1.82) is 0 Å². The van der Waals surface area contributed by atoms with Crippen LogP contribution in [0.5, 0.6) is 0 Å². The summed E-state index contributed by atoms with van der Waals surface area (Å²) in [5, 5.41) is 4.63. The highest BCUT2D eigenvalue weighted by molar-refractivity contribution is 6.35. The van der Waals surface area contributed by atoms with E-state index < -0.39 is 0 Å². The largest absolute Gasteiger partial charge is 0.444 e. The predicted octanol–water partition coefficient (Wildman–Crippen LogP) is 4.39. The first-order valence-electron chi connectivity index (χ1n) is 6.22. The van der Waals surface area contributed by atoms with Gasteiger partial charge in [-0.15, -0.1) is 0 Å². The summed E-state index contributed by atoms with van der Waals surface area (Å²) in [7, 11) is 0. The van der Waals surface area contributed by atoms with Gasteiger partial charge in [0, 0.05) is 22.5 Å². The topological polar surface area (TPSA) is 38.1 Å². The fourth-order valence-corrected chi connectivity index (χ4v) is 2.37. The molecule has 2 rings (SSSR count). The molecule has 1 N–H and O–H groups in total. The number of nitrogens with one attached hydrogen (secondary N) is 1. The van der Waals surface area contributed by atoms with E-state index in [0.717, 1.165) is 17.7 Å². The van der Waals surface area contributed by atoms with E-state index in [2.05, 4.69) is 10.3 Å². The zero-order valence-corrected chi connectivity index (χ0v) is 12.4. The van der Waals surface area contributed by atoms with E-state index in [9.17, 15) is 0 Å². The molecular formula is C14H16Cl2N2O. The minimum absolute atomic E-state index is 0.0988. The summed E-state index contributed by atoms with van der Waals surface area (Å²) in [6.07, 6.45) is 2.61. The Morgan fingerprint density at radius 3 is 2.79 bits per heavy atom. The van der Waals surface area contributed by atoms with Crippen LogP contribution in [0.25, 0.3) is 0 Å². The molecule has 19 heavy (non-hydrogen) atoms. The summed E-state index contributed by atoms with van der Waals surface area (Å²) in [5.41, 5.74) is 1.01. The van der Waals surface area contributed by atoms with Crippen molar-refractivity contribution >= 4 is 23.2 Å². The fourth-order valence-electron chi connectivity index (χ4n) is 1.80. The Morgan fingerprint density at radius 2 is 2.16 bits per heavy atom. The SMILES string of the molecule is CCc1cnc(CNC(C)c2ccc(Cl)cc2Cl)o1. The lowest BCUT2D eigenvalue weighted by atomic mass is 10.1. The van der Waals surface area contributed by atoms with E-state index in [1.54, 1.807) is 12.3 Å². The number of aryl methyl sites for hydroxylation is 1. The van der Waals surface area contributed by atoms with Gasteiger partial charge in [0.05, 0.1) is 12.7 Å². The first-order chi connectivity index (χ1) is 9.10. The van der Waals surface area contributed by atoms with Crippen LogP contribution >= 0.6 is 23.2 Å². The van der Waals surface area contributed by atoms with Gasteiger partial charge in [0.15, 0.2) is 0 Å². The van der Waals surface area contributed by atoms with E-state index in [0.29, 0.717) is 22.5 Å². The number of rotatable bonds is 5. The lowest BCUT2D eigenvalue weighted by molar-refractivity contribution is 0.424. The molecule has 1 unspecified atom stereocenters. The maximum atomic E-state index is 6.17. The summed E-state index contributed by atoms with van der Waals surface area (Å²) in [4.78, 5) is 4.21. The molecule has 0 saturated carbocycles. The van der Waals surface area contributed by atoms with Gasteiger partial charge in [-0.2, -0.15) is 0 Å². The number of halogens is 2. The van der Waals surface area contributed by atoms with Crippen molar-refractivity contribution in [2.24, 2.45) is 0 Å². The van der Waals surface area contributed by atoms with Crippen molar-refractivity contribution in [3.05, 3.63) is 51.7 Å². The second-order valence-electron chi connectivity index (χ2n) is 4.34. The summed E-state index contributed by atoms with van der Waals surface area (Å²) in [5.74, 6) is 1.59. The lowest BCUT2D eigenvalue weighted by Crippen LogP contribution is -2.18. The summed E-state index contributed by atoms with van der Waals surface area (Å²) in [6, 6.07) is 5.61. The van der Waals surface area contributed by atoms with Crippen LogP contribution in [-0.2, 0) is 13.0 Å². The molecule has 0 saturated heterocycles. The molecule has 0 fully saturated rings. The Balaban J connectivity index is 1.98. The van der Waals surface area contributed by atoms with Crippen LogP contribution in [0, 0.1) is 0 Å². The Morgan fingerprint density at radius 1 is 1.37 bits per heavy atom. The van der Waals surface area contributed by atoms with Crippen LogP contribution in [0.4, 0.5) is 0 Å². The van der Waals surface area contributed by atoms with Crippen LogP contribution in [0.2, 0.25) is 10.0 Å². The number of aromatic nitrogens is 1. The molecule has 0 aliphatic carbocycles. The quantitative estimate of drug-likeness (QED) is 0.889. The third-order valence-electron chi connectivity index (χ3n) is 2.94. The highest BCUT2D eigenvalue weighted by Crippen LogP contribution is 2.26. The molecule has 3 nitrogen and oxygen atoms in total. The zero-order valence-electron chi connectivity index (χ0n) is 10.9. The van der Waals surface area contributed by atoms with Crippen molar-refractivity contribution in [2.75, 3.05) is 0 Å². The van der Waals surface area contributed by atoms with Crippen molar-refractivity contribution < 1.29 is 4.42 Å². The van der Waals surface area contributed by atoms with Gasteiger partial charge in [-0.25, -0.2) is 4.98 Å². The monoisotopic (exact) mass is 298 g/mol. The fraction of sp³-hybridized carbons (Fsp3) is 0.357. The molecule has 102 valence electrons. The van der Waals surface area contributed by atoms with Gasteiger partial charge in [-0.05, 0) is 24.6 Å². The van der Waals surface area contributed by atoms with Crippen molar-refractivity contribution in [3.8, 4) is 0 Å². The Hall–Kier alpha value is -1.03. The molecule has 0 aliphatic rings. The van der Waals surface area contributed by atoms with Gasteiger partial charge >= 0.3 is 0 Å².